The van der Waals surface area contributed by atoms with Crippen molar-refractivity contribution in [2.75, 3.05) is 0 Å². The number of halogens is 1. The Morgan fingerprint density at radius 2 is 1.92 bits per heavy atom. The van der Waals surface area contributed by atoms with Crippen molar-refractivity contribution in [2.45, 2.75) is 6.54 Å². The summed E-state index contributed by atoms with van der Waals surface area (Å²) in [6.45, 7) is 0.236. The SMILES string of the molecule is Cn1nc(C(=O)NCc2ccc(-c3ccc(Br)cc3)o2)ccc1=O. The highest BCUT2D eigenvalue weighted by atomic mass is 79.9. The van der Waals surface area contributed by atoms with Crippen LogP contribution in [0.1, 0.15) is 16.2 Å². The molecule has 7 heteroatoms. The molecule has 0 saturated heterocycles. The van der Waals surface area contributed by atoms with Gasteiger partial charge in [-0.05, 0) is 30.3 Å². The predicted octanol–water partition coefficient (Wildman–Crippen LogP) is 2.73. The molecule has 0 unspecified atom stereocenters. The van der Waals surface area contributed by atoms with Crippen LogP contribution in [0.2, 0.25) is 0 Å². The second kappa shape index (κ2) is 6.84. The summed E-state index contributed by atoms with van der Waals surface area (Å²) in [5.41, 5.74) is 0.865. The number of aryl methyl sites for hydroxylation is 1. The summed E-state index contributed by atoms with van der Waals surface area (Å²) in [5.74, 6) is 0.991. The number of amides is 1. The maximum absolute atomic E-state index is 12.1. The average molecular weight is 388 g/mol. The van der Waals surface area contributed by atoms with E-state index in [9.17, 15) is 9.59 Å². The first-order valence-electron chi connectivity index (χ1n) is 7.20. The van der Waals surface area contributed by atoms with Crippen LogP contribution in [0.25, 0.3) is 11.3 Å². The summed E-state index contributed by atoms with van der Waals surface area (Å²) in [5, 5.41) is 6.62. The lowest BCUT2D eigenvalue weighted by Crippen LogP contribution is -2.27. The van der Waals surface area contributed by atoms with Crippen molar-refractivity contribution < 1.29 is 9.21 Å². The highest BCUT2D eigenvalue weighted by Crippen LogP contribution is 2.23. The zero-order valence-electron chi connectivity index (χ0n) is 12.8. The molecule has 0 aliphatic rings. The molecule has 2 heterocycles. The van der Waals surface area contributed by atoms with Crippen LogP contribution in [0.15, 0.2) is 62.2 Å². The molecule has 6 nitrogen and oxygen atoms in total. The third-order valence-electron chi connectivity index (χ3n) is 3.41. The van der Waals surface area contributed by atoms with Gasteiger partial charge in [-0.3, -0.25) is 9.59 Å². The van der Waals surface area contributed by atoms with Crippen LogP contribution in [0.3, 0.4) is 0 Å². The molecule has 0 bridgehead atoms. The summed E-state index contributed by atoms with van der Waals surface area (Å²) in [7, 11) is 1.50. The zero-order chi connectivity index (χ0) is 17.1. The first kappa shape index (κ1) is 16.2. The summed E-state index contributed by atoms with van der Waals surface area (Å²) in [4.78, 5) is 23.3. The predicted molar refractivity (Wildman–Crippen MR) is 92.5 cm³/mol. The van der Waals surface area contributed by atoms with E-state index in [1.165, 1.54) is 19.2 Å². The average Bonchev–Trinajstić information content (AvgIpc) is 3.05. The third-order valence-corrected chi connectivity index (χ3v) is 3.94. The van der Waals surface area contributed by atoms with Gasteiger partial charge in [-0.2, -0.15) is 5.10 Å². The quantitative estimate of drug-likeness (QED) is 0.746. The molecule has 0 aliphatic carbocycles. The molecule has 1 N–H and O–H groups in total. The van der Waals surface area contributed by atoms with E-state index < -0.39 is 0 Å². The summed E-state index contributed by atoms with van der Waals surface area (Å²) in [6, 6.07) is 14.1. The Kier molecular flexibility index (Phi) is 4.61. The number of carbonyl (C=O) groups is 1. The number of nitrogens with one attached hydrogen (secondary N) is 1. The van der Waals surface area contributed by atoms with E-state index in [-0.39, 0.29) is 23.7 Å². The van der Waals surface area contributed by atoms with Crippen LogP contribution in [-0.2, 0) is 13.6 Å². The van der Waals surface area contributed by atoms with Gasteiger partial charge in [0.15, 0.2) is 0 Å². The Labute approximate surface area is 146 Å². The third kappa shape index (κ3) is 3.62. The number of nitrogens with zero attached hydrogens (tertiary/aromatic N) is 2. The first-order chi connectivity index (χ1) is 11.5. The maximum Gasteiger partial charge on any atom is 0.272 e. The topological polar surface area (TPSA) is 77.1 Å². The fraction of sp³-hybridized carbons (Fsp3) is 0.118. The number of aromatic nitrogens is 2. The number of furan rings is 1. The Balaban J connectivity index is 1.66. The van der Waals surface area contributed by atoms with Crippen LogP contribution in [0, 0.1) is 0 Å². The Bertz CT molecular complexity index is 929. The minimum Gasteiger partial charge on any atom is -0.459 e. The van der Waals surface area contributed by atoms with Gasteiger partial charge in [-0.1, -0.05) is 28.1 Å². The van der Waals surface area contributed by atoms with Gasteiger partial charge in [0.25, 0.3) is 11.5 Å². The Morgan fingerprint density at radius 1 is 1.17 bits per heavy atom. The normalized spacial score (nSPS) is 10.6. The molecule has 122 valence electrons. The number of benzene rings is 1. The molecule has 2 aromatic heterocycles. The Hall–Kier alpha value is -2.67. The van der Waals surface area contributed by atoms with Crippen molar-refractivity contribution in [1.29, 1.82) is 0 Å². The lowest BCUT2D eigenvalue weighted by molar-refractivity contribution is 0.0941. The van der Waals surface area contributed by atoms with Crippen LogP contribution in [0.4, 0.5) is 0 Å². The van der Waals surface area contributed by atoms with Crippen molar-refractivity contribution in [1.82, 2.24) is 15.1 Å². The fourth-order valence-electron chi connectivity index (χ4n) is 2.12. The van der Waals surface area contributed by atoms with Crippen molar-refractivity contribution >= 4 is 21.8 Å². The summed E-state index contributed by atoms with van der Waals surface area (Å²) < 4.78 is 7.85. The molecule has 0 radical (unpaired) electrons. The van der Waals surface area contributed by atoms with Crippen molar-refractivity contribution in [3.05, 3.63) is 74.8 Å². The van der Waals surface area contributed by atoms with Crippen LogP contribution < -0.4 is 10.9 Å². The highest BCUT2D eigenvalue weighted by molar-refractivity contribution is 9.10. The van der Waals surface area contributed by atoms with Crippen molar-refractivity contribution in [3.63, 3.8) is 0 Å². The highest BCUT2D eigenvalue weighted by Gasteiger charge is 2.10. The van der Waals surface area contributed by atoms with E-state index in [0.717, 1.165) is 20.5 Å². The number of hydrogen-bond acceptors (Lipinski definition) is 4. The molecule has 1 amide bonds. The van der Waals surface area contributed by atoms with Gasteiger partial charge >= 0.3 is 0 Å². The van der Waals surface area contributed by atoms with Crippen LogP contribution in [0.5, 0.6) is 0 Å². The smallest absolute Gasteiger partial charge is 0.272 e. The minimum absolute atomic E-state index is 0.178. The summed E-state index contributed by atoms with van der Waals surface area (Å²) in [6.07, 6.45) is 0. The van der Waals surface area contributed by atoms with E-state index in [2.05, 4.69) is 26.3 Å². The molecule has 0 spiro atoms. The van der Waals surface area contributed by atoms with E-state index in [1.54, 1.807) is 0 Å². The van der Waals surface area contributed by atoms with Gasteiger partial charge in [0.05, 0.1) is 6.54 Å². The molecule has 3 rings (SSSR count). The fourth-order valence-corrected chi connectivity index (χ4v) is 2.39. The van der Waals surface area contributed by atoms with Gasteiger partial charge in [-0.25, -0.2) is 4.68 Å². The van der Waals surface area contributed by atoms with Crippen molar-refractivity contribution in [2.24, 2.45) is 7.05 Å². The molecule has 3 aromatic rings. The number of carbonyl (C=O) groups excluding carboxylic acids is 1. The van der Waals surface area contributed by atoms with Gasteiger partial charge in [0.2, 0.25) is 0 Å². The van der Waals surface area contributed by atoms with Gasteiger partial charge in [0, 0.05) is 23.2 Å². The van der Waals surface area contributed by atoms with E-state index in [1.807, 2.05) is 36.4 Å². The van der Waals surface area contributed by atoms with E-state index in [0.29, 0.717) is 5.76 Å². The molecular weight excluding hydrogens is 374 g/mol. The van der Waals surface area contributed by atoms with E-state index in [4.69, 9.17) is 4.42 Å². The monoisotopic (exact) mass is 387 g/mol. The Morgan fingerprint density at radius 3 is 2.62 bits per heavy atom. The minimum atomic E-state index is -0.368. The van der Waals surface area contributed by atoms with Crippen LogP contribution in [-0.4, -0.2) is 15.7 Å². The first-order valence-corrected chi connectivity index (χ1v) is 7.99. The molecule has 0 atom stereocenters. The molecular formula is C17H14BrN3O3. The number of rotatable bonds is 4. The second-order valence-corrected chi connectivity index (χ2v) is 6.05. The molecule has 0 saturated carbocycles. The molecule has 0 aliphatic heterocycles. The summed E-state index contributed by atoms with van der Waals surface area (Å²) >= 11 is 3.39. The lowest BCUT2D eigenvalue weighted by Gasteiger charge is -2.04. The molecule has 1 aromatic carbocycles. The molecule has 0 fully saturated rings. The van der Waals surface area contributed by atoms with Crippen LogP contribution >= 0.6 is 15.9 Å². The lowest BCUT2D eigenvalue weighted by atomic mass is 10.2. The van der Waals surface area contributed by atoms with Gasteiger partial charge in [-0.15, -0.1) is 0 Å². The maximum atomic E-state index is 12.1. The number of hydrogen-bond donors (Lipinski definition) is 1. The largest absolute Gasteiger partial charge is 0.459 e. The van der Waals surface area contributed by atoms with Crippen molar-refractivity contribution in [3.8, 4) is 11.3 Å². The standard InChI is InChI=1S/C17H14BrN3O3/c1-21-16(22)9-7-14(20-21)17(23)19-10-13-6-8-15(24-13)11-2-4-12(18)5-3-11/h2-9H,10H2,1H3,(H,19,23). The van der Waals surface area contributed by atoms with E-state index >= 15 is 0 Å². The van der Waals surface area contributed by atoms with Gasteiger partial charge < -0.3 is 9.73 Å². The second-order valence-electron chi connectivity index (χ2n) is 5.14. The van der Waals surface area contributed by atoms with Gasteiger partial charge in [0.1, 0.15) is 17.2 Å². The zero-order valence-corrected chi connectivity index (χ0v) is 14.4. The molecule has 24 heavy (non-hydrogen) atoms.